The summed E-state index contributed by atoms with van der Waals surface area (Å²) in [6, 6.07) is 7.31. The fraction of sp³-hybridized carbons (Fsp3) is 0.462. The number of aryl methyl sites for hydroxylation is 1. The fourth-order valence-corrected chi connectivity index (χ4v) is 1.33. The molecule has 0 saturated heterocycles. The van der Waals surface area contributed by atoms with Crippen molar-refractivity contribution in [2.45, 2.75) is 26.3 Å². The van der Waals surface area contributed by atoms with Crippen LogP contribution in [0, 0.1) is 6.92 Å². The summed E-state index contributed by atoms with van der Waals surface area (Å²) in [6.45, 7) is 3.82. The number of hydrogen-bond acceptors (Lipinski definition) is 3. The third-order valence-corrected chi connectivity index (χ3v) is 2.47. The summed E-state index contributed by atoms with van der Waals surface area (Å²) in [4.78, 5) is 11.5. The molecule has 1 aromatic rings. The van der Waals surface area contributed by atoms with E-state index < -0.39 is 0 Å². The van der Waals surface area contributed by atoms with Crippen molar-refractivity contribution < 1.29 is 14.6 Å². The van der Waals surface area contributed by atoms with Gasteiger partial charge in [0.1, 0.15) is 5.75 Å². The second-order valence-corrected chi connectivity index (χ2v) is 3.96. The highest BCUT2D eigenvalue weighted by Crippen LogP contribution is 2.10. The number of hydrogen-bond donors (Lipinski definition) is 2. The quantitative estimate of drug-likeness (QED) is 0.783. The molecule has 4 nitrogen and oxygen atoms in total. The Bertz CT molecular complexity index is 344. The van der Waals surface area contributed by atoms with Gasteiger partial charge in [-0.1, -0.05) is 24.6 Å². The highest BCUT2D eigenvalue weighted by Gasteiger charge is 2.09. The molecule has 0 bridgehead atoms. The molecule has 0 aliphatic carbocycles. The van der Waals surface area contributed by atoms with Gasteiger partial charge in [-0.15, -0.1) is 0 Å². The van der Waals surface area contributed by atoms with Crippen molar-refractivity contribution in [1.82, 2.24) is 5.32 Å². The van der Waals surface area contributed by atoms with Gasteiger partial charge in [-0.3, -0.25) is 4.79 Å². The molecule has 0 fully saturated rings. The van der Waals surface area contributed by atoms with Gasteiger partial charge < -0.3 is 15.2 Å². The lowest BCUT2D eigenvalue weighted by Gasteiger charge is -2.14. The molecule has 94 valence electrons. The summed E-state index contributed by atoms with van der Waals surface area (Å²) >= 11 is 0. The number of carbonyl (C=O) groups is 1. The number of benzene rings is 1. The van der Waals surface area contributed by atoms with Crippen LogP contribution in [0.3, 0.4) is 0 Å². The van der Waals surface area contributed by atoms with Crippen LogP contribution in [-0.2, 0) is 4.79 Å². The average Bonchev–Trinajstić information content (AvgIpc) is 2.35. The maximum Gasteiger partial charge on any atom is 0.258 e. The minimum Gasteiger partial charge on any atom is -0.484 e. The number of rotatable bonds is 6. The first-order valence-corrected chi connectivity index (χ1v) is 5.75. The lowest BCUT2D eigenvalue weighted by Crippen LogP contribution is -2.39. The Labute approximate surface area is 102 Å². The number of ether oxygens (including phenoxy) is 1. The number of carbonyl (C=O) groups excluding carboxylic acids is 1. The van der Waals surface area contributed by atoms with Crippen LogP contribution in [0.5, 0.6) is 5.75 Å². The van der Waals surface area contributed by atoms with Crippen molar-refractivity contribution >= 4 is 5.91 Å². The van der Waals surface area contributed by atoms with Crippen LogP contribution in [0.4, 0.5) is 0 Å². The SMILES string of the molecule is CC[C@@H](CO)NC(=O)COc1ccc(C)cc1. The van der Waals surface area contributed by atoms with Crippen LogP contribution in [0.1, 0.15) is 18.9 Å². The van der Waals surface area contributed by atoms with Crippen LogP contribution in [-0.4, -0.2) is 30.3 Å². The van der Waals surface area contributed by atoms with Crippen LogP contribution < -0.4 is 10.1 Å². The molecule has 1 atom stereocenters. The molecule has 0 radical (unpaired) electrons. The molecule has 1 rings (SSSR count). The van der Waals surface area contributed by atoms with E-state index >= 15 is 0 Å². The Morgan fingerprint density at radius 1 is 1.41 bits per heavy atom. The summed E-state index contributed by atoms with van der Waals surface area (Å²) in [5.41, 5.74) is 1.15. The lowest BCUT2D eigenvalue weighted by atomic mass is 10.2. The van der Waals surface area contributed by atoms with E-state index in [-0.39, 0.29) is 25.2 Å². The van der Waals surface area contributed by atoms with Gasteiger partial charge in [-0.05, 0) is 25.5 Å². The highest BCUT2D eigenvalue weighted by atomic mass is 16.5. The highest BCUT2D eigenvalue weighted by molar-refractivity contribution is 5.77. The van der Waals surface area contributed by atoms with E-state index in [4.69, 9.17) is 9.84 Å². The van der Waals surface area contributed by atoms with E-state index in [1.807, 2.05) is 38.1 Å². The molecule has 4 heteroatoms. The van der Waals surface area contributed by atoms with Crippen molar-refractivity contribution in [1.29, 1.82) is 0 Å². The van der Waals surface area contributed by atoms with E-state index in [0.717, 1.165) is 5.56 Å². The number of aliphatic hydroxyl groups excluding tert-OH is 1. The predicted octanol–water partition coefficient (Wildman–Crippen LogP) is 1.26. The molecule has 1 amide bonds. The van der Waals surface area contributed by atoms with Gasteiger partial charge in [0.05, 0.1) is 12.6 Å². The molecule has 0 aromatic heterocycles. The zero-order chi connectivity index (χ0) is 12.7. The summed E-state index contributed by atoms with van der Waals surface area (Å²) in [6.07, 6.45) is 0.701. The van der Waals surface area contributed by atoms with Crippen LogP contribution in [0.15, 0.2) is 24.3 Å². The average molecular weight is 237 g/mol. The van der Waals surface area contributed by atoms with Gasteiger partial charge >= 0.3 is 0 Å². The maximum absolute atomic E-state index is 11.5. The van der Waals surface area contributed by atoms with E-state index in [0.29, 0.717) is 12.2 Å². The third kappa shape index (κ3) is 4.87. The van der Waals surface area contributed by atoms with Crippen molar-refractivity contribution in [2.24, 2.45) is 0 Å². The minimum atomic E-state index is -0.216. The van der Waals surface area contributed by atoms with Crippen LogP contribution >= 0.6 is 0 Å². The Hall–Kier alpha value is -1.55. The Morgan fingerprint density at radius 2 is 2.06 bits per heavy atom. The molecule has 2 N–H and O–H groups in total. The van der Waals surface area contributed by atoms with Crippen LogP contribution in [0.2, 0.25) is 0 Å². The molecule has 1 aromatic carbocycles. The third-order valence-electron chi connectivity index (χ3n) is 2.47. The summed E-state index contributed by atoms with van der Waals surface area (Å²) in [5.74, 6) is 0.453. The zero-order valence-corrected chi connectivity index (χ0v) is 10.3. The van der Waals surface area contributed by atoms with Crippen molar-refractivity contribution in [2.75, 3.05) is 13.2 Å². The number of aliphatic hydroxyl groups is 1. The van der Waals surface area contributed by atoms with E-state index in [1.165, 1.54) is 0 Å². The molecule has 0 aliphatic heterocycles. The van der Waals surface area contributed by atoms with Gasteiger partial charge in [-0.2, -0.15) is 0 Å². The second-order valence-electron chi connectivity index (χ2n) is 3.96. The lowest BCUT2D eigenvalue weighted by molar-refractivity contribution is -0.124. The first-order chi connectivity index (χ1) is 8.15. The monoisotopic (exact) mass is 237 g/mol. The van der Waals surface area contributed by atoms with Crippen molar-refractivity contribution in [3.63, 3.8) is 0 Å². The molecule has 0 aliphatic rings. The van der Waals surface area contributed by atoms with Gasteiger partial charge in [0.15, 0.2) is 6.61 Å². The van der Waals surface area contributed by atoms with Gasteiger partial charge in [0, 0.05) is 0 Å². The topological polar surface area (TPSA) is 58.6 Å². The van der Waals surface area contributed by atoms with Gasteiger partial charge in [0.25, 0.3) is 5.91 Å². The normalized spacial score (nSPS) is 11.9. The molecule has 0 saturated carbocycles. The van der Waals surface area contributed by atoms with Crippen molar-refractivity contribution in [3.8, 4) is 5.75 Å². The Morgan fingerprint density at radius 3 is 2.59 bits per heavy atom. The summed E-state index contributed by atoms with van der Waals surface area (Å²) in [7, 11) is 0. The molecule has 0 spiro atoms. The van der Waals surface area contributed by atoms with Crippen molar-refractivity contribution in [3.05, 3.63) is 29.8 Å². The zero-order valence-electron chi connectivity index (χ0n) is 10.3. The minimum absolute atomic E-state index is 0.0282. The van der Waals surface area contributed by atoms with Gasteiger partial charge in [0.2, 0.25) is 0 Å². The summed E-state index contributed by atoms with van der Waals surface area (Å²) < 4.78 is 5.32. The number of amides is 1. The van der Waals surface area contributed by atoms with Crippen LogP contribution in [0.25, 0.3) is 0 Å². The molecule has 0 unspecified atom stereocenters. The predicted molar refractivity (Wildman–Crippen MR) is 66.0 cm³/mol. The molecule has 0 heterocycles. The Balaban J connectivity index is 2.35. The van der Waals surface area contributed by atoms with Gasteiger partial charge in [-0.25, -0.2) is 0 Å². The van der Waals surface area contributed by atoms with E-state index in [9.17, 15) is 4.79 Å². The van der Waals surface area contributed by atoms with E-state index in [2.05, 4.69) is 5.32 Å². The molecule has 17 heavy (non-hydrogen) atoms. The maximum atomic E-state index is 11.5. The second kappa shape index (κ2) is 6.91. The fourth-order valence-electron chi connectivity index (χ4n) is 1.33. The van der Waals surface area contributed by atoms with E-state index in [1.54, 1.807) is 0 Å². The Kier molecular flexibility index (Phi) is 5.49. The smallest absolute Gasteiger partial charge is 0.258 e. The standard InChI is InChI=1S/C13H19NO3/c1-3-11(8-15)14-13(16)9-17-12-6-4-10(2)5-7-12/h4-7,11,15H,3,8-9H2,1-2H3,(H,14,16)/t11-/m0/s1. The number of nitrogens with one attached hydrogen (secondary N) is 1. The largest absolute Gasteiger partial charge is 0.484 e. The molecular weight excluding hydrogens is 218 g/mol. The first-order valence-electron chi connectivity index (χ1n) is 5.75. The molecular formula is C13H19NO3. The summed E-state index contributed by atoms with van der Waals surface area (Å²) in [5, 5.41) is 11.6. The first kappa shape index (κ1) is 13.5.